The van der Waals surface area contributed by atoms with Crippen molar-refractivity contribution in [2.24, 2.45) is 11.8 Å². The second-order valence-electron chi connectivity index (χ2n) is 5.85. The first-order valence-electron chi connectivity index (χ1n) is 7.15. The highest BCUT2D eigenvalue weighted by Gasteiger charge is 2.43. The molecule has 0 spiro atoms. The maximum Gasteiger partial charge on any atom is 0.254 e. The van der Waals surface area contributed by atoms with Gasteiger partial charge in [0, 0.05) is 31.2 Å². The Balaban J connectivity index is 1.58. The van der Waals surface area contributed by atoms with E-state index in [0.29, 0.717) is 29.2 Å². The summed E-state index contributed by atoms with van der Waals surface area (Å²) in [6.45, 7) is 5.30. The Morgan fingerprint density at radius 3 is 3.00 bits per heavy atom. The highest BCUT2D eigenvalue weighted by atomic mass is 16.7. The average Bonchev–Trinajstić information content (AvgIpc) is 3.15. The third kappa shape index (κ3) is 1.69. The number of hydrogen-bond donors (Lipinski definition) is 1. The lowest BCUT2D eigenvalue weighted by Crippen LogP contribution is -2.38. The van der Waals surface area contributed by atoms with Crippen molar-refractivity contribution in [3.63, 3.8) is 0 Å². The zero-order valence-electron chi connectivity index (χ0n) is 11.5. The van der Waals surface area contributed by atoms with Crippen molar-refractivity contribution >= 4 is 5.91 Å². The van der Waals surface area contributed by atoms with Gasteiger partial charge < -0.3 is 19.7 Å². The van der Waals surface area contributed by atoms with Crippen LogP contribution in [-0.4, -0.2) is 43.3 Å². The van der Waals surface area contributed by atoms with Crippen LogP contribution in [0.5, 0.6) is 11.5 Å². The zero-order valence-corrected chi connectivity index (χ0v) is 11.5. The maximum absolute atomic E-state index is 12.7. The minimum Gasteiger partial charge on any atom is -0.454 e. The van der Waals surface area contributed by atoms with Crippen LogP contribution >= 0.6 is 0 Å². The van der Waals surface area contributed by atoms with Crippen molar-refractivity contribution < 1.29 is 14.3 Å². The predicted octanol–water partition coefficient (Wildman–Crippen LogP) is 1.10. The van der Waals surface area contributed by atoms with Gasteiger partial charge in [-0.1, -0.05) is 0 Å². The lowest BCUT2D eigenvalue weighted by Gasteiger charge is -2.24. The molecule has 0 bridgehead atoms. The number of fused-ring (bicyclic) bond motifs is 2. The molecular formula is C15H18N2O3. The first kappa shape index (κ1) is 12.0. The molecule has 3 heterocycles. The Kier molecular flexibility index (Phi) is 2.63. The van der Waals surface area contributed by atoms with E-state index in [2.05, 4.69) is 12.2 Å². The van der Waals surface area contributed by atoms with Gasteiger partial charge in [0.25, 0.3) is 5.91 Å². The number of carbonyl (C=O) groups excluding carboxylic acids is 1. The minimum absolute atomic E-state index is 0.102. The van der Waals surface area contributed by atoms with Crippen LogP contribution < -0.4 is 14.8 Å². The average molecular weight is 274 g/mol. The molecule has 1 aromatic carbocycles. The van der Waals surface area contributed by atoms with E-state index in [1.54, 1.807) is 6.07 Å². The number of carbonyl (C=O) groups is 1. The van der Waals surface area contributed by atoms with Gasteiger partial charge in [0.15, 0.2) is 11.5 Å². The van der Waals surface area contributed by atoms with Crippen LogP contribution in [0.15, 0.2) is 18.2 Å². The van der Waals surface area contributed by atoms with Crippen LogP contribution in [0.1, 0.15) is 17.3 Å². The molecule has 0 saturated carbocycles. The van der Waals surface area contributed by atoms with Crippen LogP contribution in [0.3, 0.4) is 0 Å². The third-order valence-corrected chi connectivity index (χ3v) is 4.81. The molecular weight excluding hydrogens is 256 g/mol. The number of ether oxygens (including phenoxy) is 2. The summed E-state index contributed by atoms with van der Waals surface area (Å²) in [5, 5.41) is 3.41. The number of hydrogen-bond acceptors (Lipinski definition) is 4. The van der Waals surface area contributed by atoms with E-state index in [1.807, 2.05) is 17.0 Å². The van der Waals surface area contributed by atoms with Gasteiger partial charge in [-0.15, -0.1) is 0 Å². The molecule has 3 aliphatic rings. The van der Waals surface area contributed by atoms with Crippen molar-refractivity contribution in [1.29, 1.82) is 0 Å². The molecule has 4 rings (SSSR count). The second kappa shape index (κ2) is 4.38. The lowest BCUT2D eigenvalue weighted by atomic mass is 9.95. The van der Waals surface area contributed by atoms with Crippen molar-refractivity contribution in [3.8, 4) is 11.5 Å². The van der Waals surface area contributed by atoms with E-state index in [0.717, 1.165) is 25.4 Å². The van der Waals surface area contributed by atoms with E-state index in [4.69, 9.17) is 9.47 Å². The summed E-state index contributed by atoms with van der Waals surface area (Å²) in [5.74, 6) is 2.68. The summed E-state index contributed by atoms with van der Waals surface area (Å²) in [4.78, 5) is 14.7. The molecule has 2 fully saturated rings. The number of amides is 1. The second-order valence-corrected chi connectivity index (χ2v) is 5.85. The fraction of sp³-hybridized carbons (Fsp3) is 0.533. The molecule has 1 N–H and O–H groups in total. The van der Waals surface area contributed by atoms with E-state index in [9.17, 15) is 4.79 Å². The van der Waals surface area contributed by atoms with E-state index in [-0.39, 0.29) is 12.7 Å². The van der Waals surface area contributed by atoms with Crippen LogP contribution in [0.25, 0.3) is 0 Å². The highest BCUT2D eigenvalue weighted by Crippen LogP contribution is 2.36. The van der Waals surface area contributed by atoms with Crippen LogP contribution in [-0.2, 0) is 0 Å². The Morgan fingerprint density at radius 1 is 1.30 bits per heavy atom. The van der Waals surface area contributed by atoms with E-state index >= 15 is 0 Å². The summed E-state index contributed by atoms with van der Waals surface area (Å²) in [6, 6.07) is 5.74. The fourth-order valence-electron chi connectivity index (χ4n) is 3.63. The number of benzene rings is 1. The smallest absolute Gasteiger partial charge is 0.254 e. The largest absolute Gasteiger partial charge is 0.454 e. The summed E-state index contributed by atoms with van der Waals surface area (Å²) < 4.78 is 10.6. The van der Waals surface area contributed by atoms with Gasteiger partial charge in [-0.2, -0.15) is 0 Å². The molecule has 5 nitrogen and oxygen atoms in total. The number of nitrogens with zero attached hydrogens (tertiary/aromatic N) is 1. The quantitative estimate of drug-likeness (QED) is 0.833. The predicted molar refractivity (Wildman–Crippen MR) is 72.9 cm³/mol. The van der Waals surface area contributed by atoms with Gasteiger partial charge in [0.1, 0.15) is 0 Å². The van der Waals surface area contributed by atoms with E-state index < -0.39 is 0 Å². The Labute approximate surface area is 117 Å². The first-order chi connectivity index (χ1) is 9.74. The summed E-state index contributed by atoms with van der Waals surface area (Å²) in [5.41, 5.74) is 0.689. The Bertz CT molecular complexity index is 560. The van der Waals surface area contributed by atoms with Gasteiger partial charge in [-0.05, 0) is 37.0 Å². The van der Waals surface area contributed by atoms with Gasteiger partial charge >= 0.3 is 0 Å². The monoisotopic (exact) mass is 274 g/mol. The molecule has 0 aromatic heterocycles. The standard InChI is InChI=1S/C15H18N2O3/c1-9-12-6-16-5-11(12)7-17(9)15(18)10-2-3-13-14(4-10)20-8-19-13/h2-4,9,11-12,16H,5-8H2,1H3. The molecule has 5 heteroatoms. The normalized spacial score (nSPS) is 30.6. The number of likely N-dealkylation sites (tertiary alicyclic amines) is 1. The van der Waals surface area contributed by atoms with Crippen molar-refractivity contribution in [2.45, 2.75) is 13.0 Å². The van der Waals surface area contributed by atoms with Gasteiger partial charge in [-0.25, -0.2) is 0 Å². The van der Waals surface area contributed by atoms with Crippen LogP contribution in [0.4, 0.5) is 0 Å². The minimum atomic E-state index is 0.102. The molecule has 1 aromatic rings. The molecule has 3 aliphatic heterocycles. The van der Waals surface area contributed by atoms with Gasteiger partial charge in [0.2, 0.25) is 6.79 Å². The fourth-order valence-corrected chi connectivity index (χ4v) is 3.63. The number of rotatable bonds is 1. The zero-order chi connectivity index (χ0) is 13.7. The lowest BCUT2D eigenvalue weighted by molar-refractivity contribution is 0.0728. The molecule has 106 valence electrons. The molecule has 3 atom stereocenters. The molecule has 0 aliphatic carbocycles. The molecule has 20 heavy (non-hydrogen) atoms. The maximum atomic E-state index is 12.7. The summed E-state index contributed by atoms with van der Waals surface area (Å²) >= 11 is 0. The number of nitrogens with one attached hydrogen (secondary N) is 1. The first-order valence-corrected chi connectivity index (χ1v) is 7.15. The van der Waals surface area contributed by atoms with E-state index in [1.165, 1.54) is 0 Å². The van der Waals surface area contributed by atoms with Gasteiger partial charge in [-0.3, -0.25) is 4.79 Å². The molecule has 3 unspecified atom stereocenters. The SMILES string of the molecule is CC1C2CNCC2CN1C(=O)c1ccc2c(c1)OCO2. The summed E-state index contributed by atoms with van der Waals surface area (Å²) in [6.07, 6.45) is 0. The molecule has 2 saturated heterocycles. The van der Waals surface area contributed by atoms with Crippen molar-refractivity contribution in [1.82, 2.24) is 10.2 Å². The topological polar surface area (TPSA) is 50.8 Å². The Morgan fingerprint density at radius 2 is 2.15 bits per heavy atom. The third-order valence-electron chi connectivity index (χ3n) is 4.81. The summed E-state index contributed by atoms with van der Waals surface area (Å²) in [7, 11) is 0. The van der Waals surface area contributed by atoms with Crippen molar-refractivity contribution in [2.75, 3.05) is 26.4 Å². The van der Waals surface area contributed by atoms with Gasteiger partial charge in [0.05, 0.1) is 0 Å². The van der Waals surface area contributed by atoms with Crippen molar-refractivity contribution in [3.05, 3.63) is 23.8 Å². The van der Waals surface area contributed by atoms with Crippen LogP contribution in [0, 0.1) is 11.8 Å². The Hall–Kier alpha value is -1.75. The van der Waals surface area contributed by atoms with Crippen LogP contribution in [0.2, 0.25) is 0 Å². The molecule has 1 amide bonds. The highest BCUT2D eigenvalue weighted by molar-refractivity contribution is 5.95. The molecule has 0 radical (unpaired) electrons.